The van der Waals surface area contributed by atoms with Crippen LogP contribution >= 0.6 is 0 Å². The number of rotatable bonds is 2. The van der Waals surface area contributed by atoms with Crippen LogP contribution in [0.5, 0.6) is 0 Å². The zero-order chi connectivity index (χ0) is 9.90. The molecule has 0 saturated carbocycles. The van der Waals surface area contributed by atoms with Crippen molar-refractivity contribution in [2.24, 2.45) is 5.92 Å². The van der Waals surface area contributed by atoms with E-state index < -0.39 is 0 Å². The highest BCUT2D eigenvalue weighted by atomic mass is 16.5. The van der Waals surface area contributed by atoms with Crippen LogP contribution in [0.25, 0.3) is 0 Å². The van der Waals surface area contributed by atoms with E-state index in [9.17, 15) is 0 Å². The lowest BCUT2D eigenvalue weighted by Gasteiger charge is -2.31. The Morgan fingerprint density at radius 2 is 1.77 bits per heavy atom. The Balaban J connectivity index is 2.16. The molecule has 0 spiro atoms. The fraction of sp³-hybridized carbons (Fsp3) is 1.00. The van der Waals surface area contributed by atoms with Crippen molar-refractivity contribution in [2.45, 2.75) is 39.2 Å². The first kappa shape index (κ1) is 11.0. The van der Waals surface area contributed by atoms with Crippen molar-refractivity contribution in [3.63, 3.8) is 0 Å². The second kappa shape index (κ2) is 4.43. The predicted octanol–water partition coefficient (Wildman–Crippen LogP) is 2.14. The highest BCUT2D eigenvalue weighted by Crippen LogP contribution is 2.18. The van der Waals surface area contributed by atoms with Gasteiger partial charge in [0.2, 0.25) is 0 Å². The summed E-state index contributed by atoms with van der Waals surface area (Å²) in [5.74, 6) is 0.787. The third-order valence-electron chi connectivity index (χ3n) is 2.59. The summed E-state index contributed by atoms with van der Waals surface area (Å²) in [6.45, 7) is 9.79. The molecule has 13 heavy (non-hydrogen) atoms. The van der Waals surface area contributed by atoms with E-state index in [2.05, 4.69) is 32.7 Å². The van der Waals surface area contributed by atoms with Gasteiger partial charge in [-0.2, -0.15) is 0 Å². The number of hydrogen-bond acceptors (Lipinski definition) is 2. The van der Waals surface area contributed by atoms with Gasteiger partial charge in [-0.3, -0.25) is 0 Å². The average Bonchev–Trinajstić information content (AvgIpc) is 2.02. The third kappa shape index (κ3) is 4.63. The van der Waals surface area contributed by atoms with Gasteiger partial charge in [-0.25, -0.2) is 0 Å². The largest absolute Gasteiger partial charge is 0.376 e. The Labute approximate surface area is 82.3 Å². The molecule has 0 atom stereocenters. The topological polar surface area (TPSA) is 12.5 Å². The first-order valence-electron chi connectivity index (χ1n) is 5.30. The minimum atomic E-state index is 0.0311. The van der Waals surface area contributed by atoms with Gasteiger partial charge in [-0.05, 0) is 59.7 Å². The van der Waals surface area contributed by atoms with Crippen molar-refractivity contribution in [3.05, 3.63) is 0 Å². The van der Waals surface area contributed by atoms with E-state index in [0.717, 1.165) is 12.5 Å². The van der Waals surface area contributed by atoms with E-state index >= 15 is 0 Å². The number of piperidine rings is 1. The first-order chi connectivity index (χ1) is 5.97. The van der Waals surface area contributed by atoms with Gasteiger partial charge in [0.15, 0.2) is 0 Å². The SMILES string of the molecule is CN1CCC(COC(C)(C)C)CC1. The Morgan fingerprint density at radius 1 is 1.23 bits per heavy atom. The van der Waals surface area contributed by atoms with Gasteiger partial charge in [-0.1, -0.05) is 0 Å². The minimum Gasteiger partial charge on any atom is -0.376 e. The van der Waals surface area contributed by atoms with Crippen molar-refractivity contribution >= 4 is 0 Å². The number of likely N-dealkylation sites (tertiary alicyclic amines) is 1. The standard InChI is InChI=1S/C11H23NO/c1-11(2,3)13-9-10-5-7-12(4)8-6-10/h10H,5-9H2,1-4H3. The van der Waals surface area contributed by atoms with Crippen molar-refractivity contribution in [1.29, 1.82) is 0 Å². The average molecular weight is 185 g/mol. The summed E-state index contributed by atoms with van der Waals surface area (Å²) in [5.41, 5.74) is 0.0311. The molecule has 0 aliphatic carbocycles. The van der Waals surface area contributed by atoms with Crippen molar-refractivity contribution < 1.29 is 4.74 Å². The van der Waals surface area contributed by atoms with Crippen LogP contribution in [0.2, 0.25) is 0 Å². The monoisotopic (exact) mass is 185 g/mol. The van der Waals surface area contributed by atoms with E-state index in [-0.39, 0.29) is 5.60 Å². The van der Waals surface area contributed by atoms with Crippen molar-refractivity contribution in [1.82, 2.24) is 4.90 Å². The van der Waals surface area contributed by atoms with E-state index in [1.165, 1.54) is 25.9 Å². The van der Waals surface area contributed by atoms with Crippen LogP contribution in [0.3, 0.4) is 0 Å². The number of nitrogens with zero attached hydrogens (tertiary/aromatic N) is 1. The summed E-state index contributed by atoms with van der Waals surface area (Å²) in [6, 6.07) is 0. The maximum absolute atomic E-state index is 5.79. The van der Waals surface area contributed by atoms with Crippen LogP contribution in [-0.2, 0) is 4.74 Å². The highest BCUT2D eigenvalue weighted by molar-refractivity contribution is 4.71. The molecular weight excluding hydrogens is 162 g/mol. The molecule has 78 valence electrons. The van der Waals surface area contributed by atoms with Crippen LogP contribution in [0.15, 0.2) is 0 Å². The first-order valence-corrected chi connectivity index (χ1v) is 5.30. The second-order valence-electron chi connectivity index (χ2n) is 5.17. The Morgan fingerprint density at radius 3 is 2.23 bits per heavy atom. The molecule has 0 aromatic heterocycles. The molecule has 1 aliphatic rings. The van der Waals surface area contributed by atoms with Gasteiger partial charge >= 0.3 is 0 Å². The minimum absolute atomic E-state index is 0.0311. The maximum Gasteiger partial charge on any atom is 0.0598 e. The van der Waals surface area contributed by atoms with Crippen molar-refractivity contribution in [2.75, 3.05) is 26.7 Å². The highest BCUT2D eigenvalue weighted by Gasteiger charge is 2.19. The smallest absolute Gasteiger partial charge is 0.0598 e. The summed E-state index contributed by atoms with van der Waals surface area (Å²) in [5, 5.41) is 0. The lowest BCUT2D eigenvalue weighted by molar-refractivity contribution is -0.0312. The molecule has 0 amide bonds. The maximum atomic E-state index is 5.79. The molecule has 0 N–H and O–H groups in total. The van der Waals surface area contributed by atoms with Crippen LogP contribution in [0.4, 0.5) is 0 Å². The molecule has 0 bridgehead atoms. The Kier molecular flexibility index (Phi) is 3.74. The summed E-state index contributed by atoms with van der Waals surface area (Å²) in [7, 11) is 2.20. The number of hydrogen-bond donors (Lipinski definition) is 0. The van der Waals surface area contributed by atoms with Crippen LogP contribution in [-0.4, -0.2) is 37.2 Å². The van der Waals surface area contributed by atoms with Gasteiger partial charge in [0, 0.05) is 0 Å². The van der Waals surface area contributed by atoms with Gasteiger partial charge in [-0.15, -0.1) is 0 Å². The van der Waals surface area contributed by atoms with Gasteiger partial charge in [0.1, 0.15) is 0 Å². The normalized spacial score (nSPS) is 22.2. The third-order valence-corrected chi connectivity index (χ3v) is 2.59. The molecule has 1 fully saturated rings. The predicted molar refractivity (Wildman–Crippen MR) is 55.9 cm³/mol. The summed E-state index contributed by atoms with van der Waals surface area (Å²) >= 11 is 0. The lowest BCUT2D eigenvalue weighted by Crippen LogP contribution is -2.33. The zero-order valence-corrected chi connectivity index (χ0v) is 9.47. The van der Waals surface area contributed by atoms with Gasteiger partial charge in [0.05, 0.1) is 12.2 Å². The quantitative estimate of drug-likeness (QED) is 0.653. The van der Waals surface area contributed by atoms with E-state index in [0.29, 0.717) is 0 Å². The molecule has 0 unspecified atom stereocenters. The van der Waals surface area contributed by atoms with Crippen molar-refractivity contribution in [3.8, 4) is 0 Å². The van der Waals surface area contributed by atoms with E-state index in [1.807, 2.05) is 0 Å². The Bertz CT molecular complexity index is 143. The molecule has 0 aromatic rings. The van der Waals surface area contributed by atoms with E-state index in [1.54, 1.807) is 0 Å². The molecular formula is C11H23NO. The van der Waals surface area contributed by atoms with Crippen LogP contribution in [0, 0.1) is 5.92 Å². The molecule has 0 radical (unpaired) electrons. The summed E-state index contributed by atoms with van der Waals surface area (Å²) in [4.78, 5) is 2.40. The van der Waals surface area contributed by atoms with Gasteiger partial charge in [0.25, 0.3) is 0 Å². The molecule has 2 heteroatoms. The molecule has 1 aliphatic heterocycles. The zero-order valence-electron chi connectivity index (χ0n) is 9.47. The van der Waals surface area contributed by atoms with Crippen LogP contribution < -0.4 is 0 Å². The second-order valence-corrected chi connectivity index (χ2v) is 5.17. The fourth-order valence-corrected chi connectivity index (χ4v) is 1.60. The molecule has 1 heterocycles. The van der Waals surface area contributed by atoms with E-state index in [4.69, 9.17) is 4.74 Å². The summed E-state index contributed by atoms with van der Waals surface area (Å²) in [6.07, 6.45) is 2.60. The molecule has 1 saturated heterocycles. The molecule has 1 rings (SSSR count). The lowest BCUT2D eigenvalue weighted by atomic mass is 9.98. The van der Waals surface area contributed by atoms with Gasteiger partial charge < -0.3 is 9.64 Å². The van der Waals surface area contributed by atoms with Crippen LogP contribution in [0.1, 0.15) is 33.6 Å². The summed E-state index contributed by atoms with van der Waals surface area (Å²) < 4.78 is 5.79. The Hall–Kier alpha value is -0.0800. The molecule has 0 aromatic carbocycles. The fourth-order valence-electron chi connectivity index (χ4n) is 1.60. The number of ether oxygens (including phenoxy) is 1. The molecule has 2 nitrogen and oxygen atoms in total.